The van der Waals surface area contributed by atoms with Crippen molar-refractivity contribution in [2.75, 3.05) is 30.8 Å². The summed E-state index contributed by atoms with van der Waals surface area (Å²) >= 11 is 0. The van der Waals surface area contributed by atoms with Gasteiger partial charge in [0.1, 0.15) is 18.3 Å². The average Bonchev–Trinajstić information content (AvgIpc) is 2.83. The first-order valence-corrected chi connectivity index (χ1v) is 12.7. The molecule has 1 atom stereocenters. The minimum Gasteiger partial charge on any atom is -0.497 e. The van der Waals surface area contributed by atoms with Crippen LogP contribution >= 0.6 is 0 Å². The molecule has 190 valence electrons. The molecular weight excluding hydrogens is 476 g/mol. The molecule has 1 N–H and O–H groups in total. The van der Waals surface area contributed by atoms with Gasteiger partial charge in [0, 0.05) is 25.2 Å². The van der Waals surface area contributed by atoms with Gasteiger partial charge in [-0.15, -0.1) is 0 Å². The van der Waals surface area contributed by atoms with Crippen LogP contribution < -0.4 is 14.4 Å². The van der Waals surface area contributed by atoms with Gasteiger partial charge in [0.15, 0.2) is 0 Å². The number of anilines is 1. The molecule has 0 saturated heterocycles. The van der Waals surface area contributed by atoms with Crippen LogP contribution in [0.3, 0.4) is 0 Å². The summed E-state index contributed by atoms with van der Waals surface area (Å²) in [5.74, 6) is -0.402. The monoisotopic (exact) mass is 506 g/mol. The van der Waals surface area contributed by atoms with Crippen molar-refractivity contribution in [1.29, 1.82) is 0 Å². The number of nitro groups is 1. The first kappa shape index (κ1) is 27.6. The number of nitro benzene ring substituents is 1. The molecule has 12 heteroatoms. The lowest BCUT2D eigenvalue weighted by Gasteiger charge is -2.31. The zero-order valence-electron chi connectivity index (χ0n) is 20.1. The Bertz CT molecular complexity index is 1150. The SMILES string of the molecule is CCCNC(=O)[C@H](C)N(Cc1ccc(OC)cc1)C(=O)CN(c1cccc([N+](=O)[O-])c1)S(C)(=O)=O. The van der Waals surface area contributed by atoms with E-state index < -0.39 is 33.4 Å². The molecule has 0 heterocycles. The zero-order valence-corrected chi connectivity index (χ0v) is 20.9. The number of nitrogens with zero attached hydrogens (tertiary/aromatic N) is 3. The van der Waals surface area contributed by atoms with Crippen molar-refractivity contribution in [3.05, 3.63) is 64.2 Å². The van der Waals surface area contributed by atoms with Gasteiger partial charge >= 0.3 is 0 Å². The topological polar surface area (TPSA) is 139 Å². The molecule has 0 aromatic heterocycles. The Labute approximate surface area is 204 Å². The largest absolute Gasteiger partial charge is 0.497 e. The first-order valence-electron chi connectivity index (χ1n) is 10.9. The van der Waals surface area contributed by atoms with Crippen LogP contribution in [0.2, 0.25) is 0 Å². The summed E-state index contributed by atoms with van der Waals surface area (Å²) in [5, 5.41) is 13.9. The molecule has 0 fully saturated rings. The summed E-state index contributed by atoms with van der Waals surface area (Å²) in [6.45, 7) is 3.29. The summed E-state index contributed by atoms with van der Waals surface area (Å²) in [6.07, 6.45) is 1.61. The zero-order chi connectivity index (χ0) is 26.2. The van der Waals surface area contributed by atoms with Gasteiger partial charge in [0.2, 0.25) is 21.8 Å². The smallest absolute Gasteiger partial charge is 0.271 e. The van der Waals surface area contributed by atoms with E-state index in [1.165, 1.54) is 30.2 Å². The van der Waals surface area contributed by atoms with Crippen LogP contribution in [0.1, 0.15) is 25.8 Å². The number of hydrogen-bond acceptors (Lipinski definition) is 7. The lowest BCUT2D eigenvalue weighted by Crippen LogP contribution is -2.51. The Balaban J connectivity index is 2.40. The molecule has 0 radical (unpaired) electrons. The molecule has 11 nitrogen and oxygen atoms in total. The minimum atomic E-state index is -3.98. The number of benzene rings is 2. The second-order valence-corrected chi connectivity index (χ2v) is 9.79. The quantitative estimate of drug-likeness (QED) is 0.344. The number of methoxy groups -OCH3 is 1. The van der Waals surface area contributed by atoms with Crippen molar-refractivity contribution in [2.45, 2.75) is 32.9 Å². The molecule has 0 aliphatic rings. The van der Waals surface area contributed by atoms with Crippen molar-refractivity contribution in [1.82, 2.24) is 10.2 Å². The lowest BCUT2D eigenvalue weighted by atomic mass is 10.1. The number of non-ortho nitro benzene ring substituents is 1. The second-order valence-electron chi connectivity index (χ2n) is 7.88. The maximum absolute atomic E-state index is 13.4. The van der Waals surface area contributed by atoms with Crippen molar-refractivity contribution >= 4 is 33.2 Å². The fourth-order valence-corrected chi connectivity index (χ4v) is 4.12. The summed E-state index contributed by atoms with van der Waals surface area (Å²) in [6, 6.07) is 11.0. The molecule has 2 rings (SSSR count). The molecule has 0 unspecified atom stereocenters. The van der Waals surface area contributed by atoms with Gasteiger partial charge in [-0.2, -0.15) is 0 Å². The normalized spacial score (nSPS) is 11.9. The van der Waals surface area contributed by atoms with E-state index in [1.807, 2.05) is 6.92 Å². The Kier molecular flexibility index (Phi) is 9.58. The van der Waals surface area contributed by atoms with Gasteiger partial charge in [-0.05, 0) is 37.1 Å². The van der Waals surface area contributed by atoms with Crippen LogP contribution in [0.4, 0.5) is 11.4 Å². The molecule has 2 amide bonds. The summed E-state index contributed by atoms with van der Waals surface area (Å²) < 4.78 is 31.0. The van der Waals surface area contributed by atoms with E-state index in [0.717, 1.165) is 16.6 Å². The predicted molar refractivity (Wildman–Crippen MR) is 132 cm³/mol. The third-order valence-corrected chi connectivity index (χ3v) is 6.38. The van der Waals surface area contributed by atoms with E-state index in [4.69, 9.17) is 4.74 Å². The Morgan fingerprint density at radius 2 is 1.83 bits per heavy atom. The third kappa shape index (κ3) is 7.67. The molecule has 0 saturated carbocycles. The first-order chi connectivity index (χ1) is 16.5. The van der Waals surface area contributed by atoms with E-state index in [9.17, 15) is 28.1 Å². The molecule has 0 aliphatic heterocycles. The van der Waals surface area contributed by atoms with Gasteiger partial charge in [0.05, 0.1) is 24.0 Å². The molecule has 0 spiro atoms. The highest BCUT2D eigenvalue weighted by Crippen LogP contribution is 2.24. The van der Waals surface area contributed by atoms with E-state index in [-0.39, 0.29) is 23.8 Å². The van der Waals surface area contributed by atoms with Crippen LogP contribution in [-0.2, 0) is 26.2 Å². The number of sulfonamides is 1. The summed E-state index contributed by atoms with van der Waals surface area (Å²) in [5.41, 5.74) is 0.365. The van der Waals surface area contributed by atoms with Gasteiger partial charge in [0.25, 0.3) is 5.69 Å². The predicted octanol–water partition coefficient (Wildman–Crippen LogP) is 2.31. The highest BCUT2D eigenvalue weighted by atomic mass is 32.2. The number of ether oxygens (including phenoxy) is 1. The molecule has 0 bridgehead atoms. The molecular formula is C23H30N4O7S. The van der Waals surface area contributed by atoms with E-state index in [2.05, 4.69) is 5.32 Å². The maximum atomic E-state index is 13.4. The molecule has 2 aromatic carbocycles. The fraction of sp³-hybridized carbons (Fsp3) is 0.391. The molecule has 35 heavy (non-hydrogen) atoms. The van der Waals surface area contributed by atoms with Crippen LogP contribution in [0.25, 0.3) is 0 Å². The maximum Gasteiger partial charge on any atom is 0.271 e. The summed E-state index contributed by atoms with van der Waals surface area (Å²) in [7, 11) is -2.46. The number of carbonyl (C=O) groups excluding carboxylic acids is 2. The highest BCUT2D eigenvalue weighted by Gasteiger charge is 2.30. The van der Waals surface area contributed by atoms with Crippen LogP contribution in [0.5, 0.6) is 5.75 Å². The number of amides is 2. The average molecular weight is 507 g/mol. The molecule has 2 aromatic rings. The number of hydrogen-bond donors (Lipinski definition) is 1. The third-order valence-electron chi connectivity index (χ3n) is 5.24. The van der Waals surface area contributed by atoms with Crippen LogP contribution in [0, 0.1) is 10.1 Å². The Hall–Kier alpha value is -3.67. The lowest BCUT2D eigenvalue weighted by molar-refractivity contribution is -0.384. The Morgan fingerprint density at radius 1 is 1.17 bits per heavy atom. The van der Waals surface area contributed by atoms with E-state index >= 15 is 0 Å². The molecule has 0 aliphatic carbocycles. The fourth-order valence-electron chi connectivity index (χ4n) is 3.28. The van der Waals surface area contributed by atoms with Gasteiger partial charge < -0.3 is 15.0 Å². The standard InChI is InChI=1S/C23H30N4O7S/c1-5-13-24-23(29)17(2)25(15-18-9-11-21(34-3)12-10-18)22(28)16-26(35(4,32)33)19-7-6-8-20(14-19)27(30)31/h6-12,14,17H,5,13,15-16H2,1-4H3,(H,24,29)/t17-/m0/s1. The van der Waals surface area contributed by atoms with E-state index in [1.54, 1.807) is 31.2 Å². The van der Waals surface area contributed by atoms with Crippen molar-refractivity contribution in [2.24, 2.45) is 0 Å². The highest BCUT2D eigenvalue weighted by molar-refractivity contribution is 7.92. The second kappa shape index (κ2) is 12.2. The van der Waals surface area contributed by atoms with Gasteiger partial charge in [-0.1, -0.05) is 25.1 Å². The van der Waals surface area contributed by atoms with Crippen LogP contribution in [0.15, 0.2) is 48.5 Å². The Morgan fingerprint density at radius 3 is 2.37 bits per heavy atom. The van der Waals surface area contributed by atoms with Crippen molar-refractivity contribution in [3.8, 4) is 5.75 Å². The number of nitrogens with one attached hydrogen (secondary N) is 1. The summed E-state index contributed by atoms with van der Waals surface area (Å²) in [4.78, 5) is 37.9. The van der Waals surface area contributed by atoms with Gasteiger partial charge in [-0.3, -0.25) is 24.0 Å². The van der Waals surface area contributed by atoms with Gasteiger partial charge in [-0.25, -0.2) is 8.42 Å². The van der Waals surface area contributed by atoms with Crippen LogP contribution in [-0.4, -0.2) is 62.6 Å². The van der Waals surface area contributed by atoms with E-state index in [0.29, 0.717) is 24.3 Å². The number of rotatable bonds is 12. The van der Waals surface area contributed by atoms with Crippen molar-refractivity contribution < 1.29 is 27.7 Å². The van der Waals surface area contributed by atoms with Crippen molar-refractivity contribution in [3.63, 3.8) is 0 Å². The number of carbonyl (C=O) groups is 2. The minimum absolute atomic E-state index is 0.0254.